The summed E-state index contributed by atoms with van der Waals surface area (Å²) in [7, 11) is -3.39. The van der Waals surface area contributed by atoms with E-state index in [1.807, 2.05) is 0 Å². The minimum Gasteiger partial charge on any atom is -0.481 e. The van der Waals surface area contributed by atoms with Crippen molar-refractivity contribution in [1.29, 1.82) is 0 Å². The molecule has 1 unspecified atom stereocenters. The average molecular weight is 292 g/mol. The quantitative estimate of drug-likeness (QED) is 0.659. The zero-order valence-electron chi connectivity index (χ0n) is 11.0. The zero-order valence-corrected chi connectivity index (χ0v) is 11.8. The Hall–Kier alpha value is -1.15. The third kappa shape index (κ3) is 5.15. The lowest BCUT2D eigenvalue weighted by atomic mass is 10.0. The Kier molecular flexibility index (Phi) is 5.74. The Bertz CT molecular complexity index is 434. The van der Waals surface area contributed by atoms with Crippen LogP contribution in [-0.2, 0) is 19.6 Å². The van der Waals surface area contributed by atoms with Crippen LogP contribution in [-0.4, -0.2) is 55.1 Å². The van der Waals surface area contributed by atoms with E-state index >= 15 is 0 Å². The summed E-state index contributed by atoms with van der Waals surface area (Å²) >= 11 is 0. The summed E-state index contributed by atoms with van der Waals surface area (Å²) in [5.74, 6) is -1.25. The van der Waals surface area contributed by atoms with Gasteiger partial charge in [-0.2, -0.15) is 4.31 Å². The summed E-state index contributed by atoms with van der Waals surface area (Å²) in [4.78, 5) is 22.3. The van der Waals surface area contributed by atoms with Crippen molar-refractivity contribution in [1.82, 2.24) is 9.62 Å². The Balaban J connectivity index is 2.51. The highest BCUT2D eigenvalue weighted by Crippen LogP contribution is 2.19. The van der Waals surface area contributed by atoms with Crippen molar-refractivity contribution in [2.24, 2.45) is 0 Å². The van der Waals surface area contributed by atoms with Crippen molar-refractivity contribution in [3.05, 3.63) is 0 Å². The minimum atomic E-state index is -3.39. The fourth-order valence-corrected chi connectivity index (χ4v) is 3.26. The number of sulfonamides is 1. The molecule has 1 amide bonds. The number of rotatable bonds is 6. The number of amides is 1. The second-order valence-electron chi connectivity index (χ2n) is 4.67. The van der Waals surface area contributed by atoms with Crippen LogP contribution in [0.1, 0.15) is 32.1 Å². The van der Waals surface area contributed by atoms with Gasteiger partial charge < -0.3 is 10.4 Å². The van der Waals surface area contributed by atoms with Gasteiger partial charge in [0.2, 0.25) is 15.9 Å². The molecule has 19 heavy (non-hydrogen) atoms. The number of hydrogen-bond donors (Lipinski definition) is 2. The molecular formula is C11H20N2O5S. The van der Waals surface area contributed by atoms with Crippen LogP contribution < -0.4 is 5.32 Å². The first kappa shape index (κ1) is 15.9. The van der Waals surface area contributed by atoms with E-state index in [1.54, 1.807) is 0 Å². The first-order valence-electron chi connectivity index (χ1n) is 6.28. The maximum Gasteiger partial charge on any atom is 0.303 e. The SMILES string of the molecule is CS(=O)(=O)N1CCCCC1C(=O)NCCCC(=O)O. The highest BCUT2D eigenvalue weighted by atomic mass is 32.2. The van der Waals surface area contributed by atoms with Crippen LogP contribution in [0.25, 0.3) is 0 Å². The van der Waals surface area contributed by atoms with Crippen molar-refractivity contribution in [2.45, 2.75) is 38.1 Å². The smallest absolute Gasteiger partial charge is 0.303 e. The van der Waals surface area contributed by atoms with Crippen LogP contribution in [0.5, 0.6) is 0 Å². The number of carboxylic acid groups (broad SMARTS) is 1. The molecule has 1 fully saturated rings. The van der Waals surface area contributed by atoms with Crippen molar-refractivity contribution >= 4 is 21.9 Å². The number of carbonyl (C=O) groups is 2. The molecule has 0 spiro atoms. The second kappa shape index (κ2) is 6.85. The maximum atomic E-state index is 11.9. The highest BCUT2D eigenvalue weighted by molar-refractivity contribution is 7.88. The summed E-state index contributed by atoms with van der Waals surface area (Å²) < 4.78 is 24.4. The summed E-state index contributed by atoms with van der Waals surface area (Å²) in [5, 5.41) is 11.1. The molecule has 0 radical (unpaired) electrons. The van der Waals surface area contributed by atoms with Gasteiger partial charge in [0.05, 0.1) is 6.26 Å². The van der Waals surface area contributed by atoms with Crippen LogP contribution in [0.2, 0.25) is 0 Å². The molecule has 0 aromatic heterocycles. The van der Waals surface area contributed by atoms with Crippen LogP contribution in [0, 0.1) is 0 Å². The van der Waals surface area contributed by atoms with E-state index in [-0.39, 0.29) is 18.9 Å². The number of carboxylic acids is 1. The fraction of sp³-hybridized carbons (Fsp3) is 0.818. The van der Waals surface area contributed by atoms with Gasteiger partial charge in [-0.1, -0.05) is 6.42 Å². The van der Waals surface area contributed by atoms with Crippen LogP contribution in [0.3, 0.4) is 0 Å². The molecule has 1 aliphatic heterocycles. The maximum absolute atomic E-state index is 11.9. The van der Waals surface area contributed by atoms with Gasteiger partial charge in [0.25, 0.3) is 0 Å². The van der Waals surface area contributed by atoms with Gasteiger partial charge in [-0.05, 0) is 19.3 Å². The van der Waals surface area contributed by atoms with E-state index < -0.39 is 22.0 Å². The zero-order chi connectivity index (χ0) is 14.5. The van der Waals surface area contributed by atoms with Crippen LogP contribution in [0.4, 0.5) is 0 Å². The topological polar surface area (TPSA) is 104 Å². The molecule has 0 aliphatic carbocycles. The molecule has 2 N–H and O–H groups in total. The van der Waals surface area contributed by atoms with Crippen molar-refractivity contribution in [3.8, 4) is 0 Å². The Morgan fingerprint density at radius 2 is 2.05 bits per heavy atom. The lowest BCUT2D eigenvalue weighted by Gasteiger charge is -2.32. The predicted octanol–water partition coefficient (Wildman–Crippen LogP) is -0.218. The lowest BCUT2D eigenvalue weighted by molar-refractivity contribution is -0.137. The summed E-state index contributed by atoms with van der Waals surface area (Å²) in [5.41, 5.74) is 0. The number of aliphatic carboxylic acids is 1. The number of hydrogen-bond acceptors (Lipinski definition) is 4. The van der Waals surface area contributed by atoms with Gasteiger partial charge >= 0.3 is 5.97 Å². The largest absolute Gasteiger partial charge is 0.481 e. The van der Waals surface area contributed by atoms with E-state index in [4.69, 9.17) is 5.11 Å². The number of carbonyl (C=O) groups excluding carboxylic acids is 1. The molecule has 0 aromatic carbocycles. The number of piperidine rings is 1. The molecule has 1 atom stereocenters. The molecule has 1 rings (SSSR count). The van der Waals surface area contributed by atoms with Crippen molar-refractivity contribution < 1.29 is 23.1 Å². The molecule has 0 aromatic rings. The van der Waals surface area contributed by atoms with Gasteiger partial charge in [-0.25, -0.2) is 8.42 Å². The first-order valence-corrected chi connectivity index (χ1v) is 8.13. The molecule has 110 valence electrons. The summed E-state index contributed by atoms with van der Waals surface area (Å²) in [6, 6.07) is -0.659. The molecule has 8 heteroatoms. The molecule has 1 saturated heterocycles. The molecular weight excluding hydrogens is 272 g/mol. The summed E-state index contributed by atoms with van der Waals surface area (Å²) in [6.07, 6.45) is 3.52. The fourth-order valence-electron chi connectivity index (χ4n) is 2.13. The van der Waals surface area contributed by atoms with E-state index in [0.29, 0.717) is 19.4 Å². The van der Waals surface area contributed by atoms with Crippen LogP contribution in [0.15, 0.2) is 0 Å². The Labute approximate surface area is 113 Å². The third-order valence-corrected chi connectivity index (χ3v) is 4.34. The van der Waals surface area contributed by atoms with Gasteiger partial charge in [-0.15, -0.1) is 0 Å². The monoisotopic (exact) mass is 292 g/mol. The predicted molar refractivity (Wildman–Crippen MR) is 69.1 cm³/mol. The highest BCUT2D eigenvalue weighted by Gasteiger charge is 2.34. The van der Waals surface area contributed by atoms with Gasteiger partial charge in [0.1, 0.15) is 6.04 Å². The third-order valence-electron chi connectivity index (χ3n) is 3.05. The Morgan fingerprint density at radius 1 is 1.37 bits per heavy atom. The van der Waals surface area contributed by atoms with Crippen molar-refractivity contribution in [2.75, 3.05) is 19.3 Å². The Morgan fingerprint density at radius 3 is 2.63 bits per heavy atom. The van der Waals surface area contributed by atoms with E-state index in [1.165, 1.54) is 4.31 Å². The first-order chi connectivity index (χ1) is 8.82. The van der Waals surface area contributed by atoms with Crippen molar-refractivity contribution in [3.63, 3.8) is 0 Å². The normalized spacial score (nSPS) is 21.0. The van der Waals surface area contributed by atoms with Crippen LogP contribution >= 0.6 is 0 Å². The molecule has 7 nitrogen and oxygen atoms in total. The lowest BCUT2D eigenvalue weighted by Crippen LogP contribution is -2.51. The van der Waals surface area contributed by atoms with Gasteiger partial charge in [0, 0.05) is 19.5 Å². The van der Waals surface area contributed by atoms with Gasteiger partial charge in [0.15, 0.2) is 0 Å². The minimum absolute atomic E-state index is 0.0132. The average Bonchev–Trinajstić information content (AvgIpc) is 2.33. The van der Waals surface area contributed by atoms with E-state index in [9.17, 15) is 18.0 Å². The van der Waals surface area contributed by atoms with Gasteiger partial charge in [-0.3, -0.25) is 9.59 Å². The van der Waals surface area contributed by atoms with E-state index in [0.717, 1.165) is 19.1 Å². The van der Waals surface area contributed by atoms with E-state index in [2.05, 4.69) is 5.32 Å². The molecule has 1 heterocycles. The molecule has 0 saturated carbocycles. The number of nitrogens with one attached hydrogen (secondary N) is 1. The summed E-state index contributed by atoms with van der Waals surface area (Å²) in [6.45, 7) is 0.616. The standard InChI is InChI=1S/C11H20N2O5S/c1-19(17,18)13-8-3-2-5-9(13)11(16)12-7-4-6-10(14)15/h9H,2-8H2,1H3,(H,12,16)(H,14,15). The second-order valence-corrected chi connectivity index (χ2v) is 6.61. The molecule has 0 bridgehead atoms. The molecule has 1 aliphatic rings. The number of nitrogens with zero attached hydrogens (tertiary/aromatic N) is 1.